The molecule has 170 valence electrons. The van der Waals surface area contributed by atoms with E-state index in [1.165, 1.54) is 9.80 Å². The van der Waals surface area contributed by atoms with Gasteiger partial charge in [-0.1, -0.05) is 42.5 Å². The van der Waals surface area contributed by atoms with Gasteiger partial charge in [0.25, 0.3) is 0 Å². The highest BCUT2D eigenvalue weighted by Crippen LogP contribution is 2.52. The number of likely N-dealkylation sites (N-methyl/N-ethyl adjacent to an activating group) is 1. The van der Waals surface area contributed by atoms with E-state index < -0.39 is 0 Å². The van der Waals surface area contributed by atoms with E-state index in [0.717, 1.165) is 12.0 Å². The Kier molecular flexibility index (Phi) is 6.30. The summed E-state index contributed by atoms with van der Waals surface area (Å²) in [7, 11) is 3.38. The highest BCUT2D eigenvalue weighted by molar-refractivity contribution is 6.06. The van der Waals surface area contributed by atoms with Crippen LogP contribution in [0.2, 0.25) is 0 Å². The lowest BCUT2D eigenvalue weighted by Gasteiger charge is -2.21. The topological polar surface area (TPSA) is 94.1 Å². The van der Waals surface area contributed by atoms with Crippen molar-refractivity contribution in [3.63, 3.8) is 0 Å². The quantitative estimate of drug-likeness (QED) is 0.289. The van der Waals surface area contributed by atoms with Crippen LogP contribution >= 0.6 is 0 Å². The fourth-order valence-electron chi connectivity index (χ4n) is 4.94. The van der Waals surface area contributed by atoms with E-state index in [9.17, 15) is 14.4 Å². The largest absolute Gasteiger partial charge is 0.355 e. The minimum absolute atomic E-state index is 0.00456. The van der Waals surface area contributed by atoms with Gasteiger partial charge in [-0.05, 0) is 30.7 Å². The summed E-state index contributed by atoms with van der Waals surface area (Å²) in [5.41, 5.74) is 1.08. The second kappa shape index (κ2) is 9.14. The van der Waals surface area contributed by atoms with Crippen LogP contribution < -0.4 is 10.6 Å². The summed E-state index contributed by atoms with van der Waals surface area (Å²) in [4.78, 5) is 45.0. The van der Waals surface area contributed by atoms with Crippen LogP contribution in [0.4, 0.5) is 0 Å². The lowest BCUT2D eigenvalue weighted by molar-refractivity contribution is -0.140. The average Bonchev–Trinajstić information content (AvgIpc) is 3.47. The summed E-state index contributed by atoms with van der Waals surface area (Å²) >= 11 is 0. The number of fused-ring (bicyclic) bond motifs is 5. The molecule has 2 aliphatic carbocycles. The van der Waals surface area contributed by atoms with Gasteiger partial charge in [0.1, 0.15) is 6.54 Å². The zero-order valence-corrected chi connectivity index (χ0v) is 18.8. The molecule has 2 N–H and O–H groups in total. The number of hydrogen-bond acceptors (Lipinski definition) is 4. The number of nitrogens with zero attached hydrogens (tertiary/aromatic N) is 3. The van der Waals surface area contributed by atoms with Crippen molar-refractivity contribution in [1.29, 1.82) is 0 Å². The first-order chi connectivity index (χ1) is 15.4. The molecule has 32 heavy (non-hydrogen) atoms. The van der Waals surface area contributed by atoms with Gasteiger partial charge in [-0.25, -0.2) is 4.99 Å². The van der Waals surface area contributed by atoms with E-state index in [0.29, 0.717) is 12.5 Å². The number of likely N-dealkylation sites (tertiary alicyclic amines) is 1. The Balaban J connectivity index is 1.38. The lowest BCUT2D eigenvalue weighted by atomic mass is 9.85. The molecule has 1 heterocycles. The number of guanidine groups is 1. The summed E-state index contributed by atoms with van der Waals surface area (Å²) in [6.07, 6.45) is 5.12. The minimum Gasteiger partial charge on any atom is -0.355 e. The maximum absolute atomic E-state index is 12.9. The highest BCUT2D eigenvalue weighted by atomic mass is 16.2. The second-order valence-corrected chi connectivity index (χ2v) is 8.98. The Labute approximate surface area is 188 Å². The molecule has 0 spiro atoms. The molecule has 1 aliphatic heterocycles. The zero-order chi connectivity index (χ0) is 22.8. The molecule has 1 aromatic rings. The fraction of sp³-hybridized carbons (Fsp3) is 0.500. The van der Waals surface area contributed by atoms with Crippen LogP contribution in [-0.4, -0.2) is 67.2 Å². The molecular weight excluding hydrogens is 406 g/mol. The molecule has 4 rings (SSSR count). The summed E-state index contributed by atoms with van der Waals surface area (Å²) in [5.74, 6) is 0.316. The summed E-state index contributed by atoms with van der Waals surface area (Å²) in [6.45, 7) is 2.66. The van der Waals surface area contributed by atoms with Gasteiger partial charge in [0, 0.05) is 27.2 Å². The first kappa shape index (κ1) is 22.0. The van der Waals surface area contributed by atoms with Crippen LogP contribution in [0.15, 0.2) is 47.5 Å². The van der Waals surface area contributed by atoms with E-state index in [4.69, 9.17) is 0 Å². The lowest BCUT2D eigenvalue weighted by Crippen LogP contribution is -2.44. The van der Waals surface area contributed by atoms with E-state index in [2.05, 4.69) is 27.8 Å². The van der Waals surface area contributed by atoms with E-state index in [1.54, 1.807) is 14.1 Å². The van der Waals surface area contributed by atoms with E-state index >= 15 is 0 Å². The van der Waals surface area contributed by atoms with Crippen LogP contribution in [0.25, 0.3) is 0 Å². The normalized spacial score (nSPS) is 27.0. The van der Waals surface area contributed by atoms with Gasteiger partial charge in [0.15, 0.2) is 5.96 Å². The Hall–Kier alpha value is -3.16. The number of hydrogen-bond donors (Lipinski definition) is 2. The summed E-state index contributed by atoms with van der Waals surface area (Å²) in [5, 5.41) is 6.50. The summed E-state index contributed by atoms with van der Waals surface area (Å²) < 4.78 is 0. The first-order valence-electron chi connectivity index (χ1n) is 11.2. The molecule has 1 saturated heterocycles. The number of rotatable bonds is 7. The van der Waals surface area contributed by atoms with Crippen molar-refractivity contribution in [3.05, 3.63) is 48.0 Å². The molecule has 1 saturated carbocycles. The van der Waals surface area contributed by atoms with Crippen molar-refractivity contribution in [2.45, 2.75) is 19.4 Å². The number of carbonyl (C=O) groups is 3. The maximum atomic E-state index is 12.9. The predicted octanol–water partition coefficient (Wildman–Crippen LogP) is 1.18. The van der Waals surface area contributed by atoms with Crippen molar-refractivity contribution < 1.29 is 14.4 Å². The van der Waals surface area contributed by atoms with Crippen LogP contribution in [0, 0.1) is 23.7 Å². The number of allylic oxidation sites excluding steroid dienone is 2. The van der Waals surface area contributed by atoms with Crippen molar-refractivity contribution >= 4 is 23.7 Å². The minimum atomic E-state index is -0.181. The summed E-state index contributed by atoms with van der Waals surface area (Å²) in [6, 6.07) is 9.90. The highest BCUT2D eigenvalue weighted by Gasteiger charge is 2.58. The molecule has 2 bridgehead atoms. The molecular formula is C24H31N5O3. The monoisotopic (exact) mass is 437 g/mol. The average molecular weight is 438 g/mol. The van der Waals surface area contributed by atoms with Gasteiger partial charge in [-0.3, -0.25) is 19.3 Å². The van der Waals surface area contributed by atoms with Crippen molar-refractivity contribution in [2.75, 3.05) is 33.7 Å². The Morgan fingerprint density at radius 2 is 1.75 bits per heavy atom. The molecule has 3 amide bonds. The standard InChI is InChI=1S/C24H31N5O3/c1-15(16-7-5-4-6-8-16)27-24(26-14-19(30)28(2)3)25-11-12-29-22(31)20-17-9-10-18(13-17)21(20)23(29)32/h4-10,15,17-18,20-21H,11-14H2,1-3H3,(H2,25,26,27). The molecule has 3 aliphatic rings. The molecule has 1 aromatic carbocycles. The SMILES string of the molecule is CC(NC(=NCC(=O)N(C)C)NCCN1C(=O)C2C3C=CC(C3)C2C1=O)c1ccccc1. The van der Waals surface area contributed by atoms with Crippen molar-refractivity contribution in [1.82, 2.24) is 20.4 Å². The smallest absolute Gasteiger partial charge is 0.243 e. The number of carbonyl (C=O) groups excluding carboxylic acids is 3. The van der Waals surface area contributed by atoms with Crippen LogP contribution in [-0.2, 0) is 14.4 Å². The third kappa shape index (κ3) is 4.26. The van der Waals surface area contributed by atoms with Crippen LogP contribution in [0.1, 0.15) is 24.9 Å². The van der Waals surface area contributed by atoms with Gasteiger partial charge >= 0.3 is 0 Å². The van der Waals surface area contributed by atoms with Gasteiger partial charge in [-0.15, -0.1) is 0 Å². The van der Waals surface area contributed by atoms with Gasteiger partial charge in [0.05, 0.1) is 17.9 Å². The third-order valence-corrected chi connectivity index (χ3v) is 6.71. The molecule has 5 unspecified atom stereocenters. The van der Waals surface area contributed by atoms with Gasteiger partial charge in [0.2, 0.25) is 17.7 Å². The second-order valence-electron chi connectivity index (χ2n) is 8.98. The van der Waals surface area contributed by atoms with Crippen LogP contribution in [0.5, 0.6) is 0 Å². The molecule has 0 aromatic heterocycles. The van der Waals surface area contributed by atoms with E-state index in [1.807, 2.05) is 37.3 Å². The Morgan fingerprint density at radius 3 is 2.34 bits per heavy atom. The molecule has 5 atom stereocenters. The number of aliphatic imine (C=N–C) groups is 1. The number of benzene rings is 1. The molecule has 0 radical (unpaired) electrons. The number of nitrogens with one attached hydrogen (secondary N) is 2. The van der Waals surface area contributed by atoms with Crippen molar-refractivity contribution in [3.8, 4) is 0 Å². The molecule has 8 nitrogen and oxygen atoms in total. The maximum Gasteiger partial charge on any atom is 0.243 e. The first-order valence-corrected chi connectivity index (χ1v) is 11.2. The predicted molar refractivity (Wildman–Crippen MR) is 121 cm³/mol. The number of imide groups is 1. The molecule has 8 heteroatoms. The molecule has 2 fully saturated rings. The zero-order valence-electron chi connectivity index (χ0n) is 18.8. The Morgan fingerprint density at radius 1 is 1.12 bits per heavy atom. The fourth-order valence-corrected chi connectivity index (χ4v) is 4.94. The van der Waals surface area contributed by atoms with Gasteiger partial charge in [-0.2, -0.15) is 0 Å². The van der Waals surface area contributed by atoms with E-state index in [-0.39, 0.29) is 60.5 Å². The number of amides is 3. The Bertz CT molecular complexity index is 912. The van der Waals surface area contributed by atoms with Crippen LogP contribution in [0.3, 0.4) is 0 Å². The van der Waals surface area contributed by atoms with Gasteiger partial charge < -0.3 is 15.5 Å². The third-order valence-electron chi connectivity index (χ3n) is 6.71. The van der Waals surface area contributed by atoms with Crippen molar-refractivity contribution in [2.24, 2.45) is 28.7 Å².